The summed E-state index contributed by atoms with van der Waals surface area (Å²) in [7, 11) is 0. The normalized spacial score (nSPS) is 13.6. The lowest BCUT2D eigenvalue weighted by Gasteiger charge is -2.25. The zero-order valence-corrected chi connectivity index (χ0v) is 13.0. The highest BCUT2D eigenvalue weighted by Gasteiger charge is 2.15. The lowest BCUT2D eigenvalue weighted by atomic mass is 9.95. The first-order valence-corrected chi connectivity index (χ1v) is 8.06. The molecule has 0 fully saturated rings. The minimum Gasteiger partial charge on any atom is -0.311 e. The van der Waals surface area contributed by atoms with Gasteiger partial charge in [-0.15, -0.1) is 0 Å². The van der Waals surface area contributed by atoms with Crippen molar-refractivity contribution in [3.8, 4) is 0 Å². The Morgan fingerprint density at radius 2 is 1.83 bits per heavy atom. The zero-order chi connectivity index (χ0) is 13.4. The summed E-state index contributed by atoms with van der Waals surface area (Å²) in [5, 5.41) is 3.64. The molecule has 0 aromatic heterocycles. The van der Waals surface area contributed by atoms with Crippen molar-refractivity contribution >= 4 is 11.8 Å². The fourth-order valence-electron chi connectivity index (χ4n) is 1.91. The molecule has 102 valence electrons. The fraction of sp³-hybridized carbons (Fsp3) is 0.625. The van der Waals surface area contributed by atoms with E-state index in [0.29, 0.717) is 5.92 Å². The molecule has 1 nitrogen and oxygen atoms in total. The number of nitrogens with one attached hydrogen (secondary N) is 1. The van der Waals surface area contributed by atoms with E-state index in [1.807, 2.05) is 11.8 Å². The third kappa shape index (κ3) is 6.46. The summed E-state index contributed by atoms with van der Waals surface area (Å²) in [5.74, 6) is 3.10. The molecule has 2 heteroatoms. The van der Waals surface area contributed by atoms with Gasteiger partial charge in [0.25, 0.3) is 0 Å². The van der Waals surface area contributed by atoms with E-state index in [2.05, 4.69) is 63.3 Å². The highest BCUT2D eigenvalue weighted by atomic mass is 32.2. The summed E-state index contributed by atoms with van der Waals surface area (Å²) in [6, 6.07) is 10.9. The SMILES string of the molecule is CCSCCC(CNC(C)(C)C)c1ccccc1. The third-order valence-electron chi connectivity index (χ3n) is 2.96. The summed E-state index contributed by atoms with van der Waals surface area (Å²) in [6.07, 6.45) is 1.26. The van der Waals surface area contributed by atoms with Crippen LogP contribution < -0.4 is 5.32 Å². The number of rotatable bonds is 7. The van der Waals surface area contributed by atoms with Crippen molar-refractivity contribution in [3.63, 3.8) is 0 Å². The highest BCUT2D eigenvalue weighted by Crippen LogP contribution is 2.21. The maximum atomic E-state index is 3.64. The van der Waals surface area contributed by atoms with Gasteiger partial charge < -0.3 is 5.32 Å². The van der Waals surface area contributed by atoms with Gasteiger partial charge >= 0.3 is 0 Å². The number of hydrogen-bond acceptors (Lipinski definition) is 2. The Labute approximate surface area is 117 Å². The zero-order valence-electron chi connectivity index (χ0n) is 12.2. The molecule has 1 unspecified atom stereocenters. The fourth-order valence-corrected chi connectivity index (χ4v) is 2.65. The molecule has 1 rings (SSSR count). The molecule has 0 aliphatic carbocycles. The van der Waals surface area contributed by atoms with Crippen LogP contribution in [0.25, 0.3) is 0 Å². The molecule has 1 atom stereocenters. The van der Waals surface area contributed by atoms with Gasteiger partial charge in [0.2, 0.25) is 0 Å². The average Bonchev–Trinajstić information content (AvgIpc) is 2.33. The van der Waals surface area contributed by atoms with Crippen LogP contribution in [0.1, 0.15) is 45.6 Å². The van der Waals surface area contributed by atoms with Crippen LogP contribution in [0.5, 0.6) is 0 Å². The highest BCUT2D eigenvalue weighted by molar-refractivity contribution is 7.99. The summed E-state index contributed by atoms with van der Waals surface area (Å²) in [5.41, 5.74) is 1.66. The Balaban J connectivity index is 2.58. The Morgan fingerprint density at radius 1 is 1.17 bits per heavy atom. The van der Waals surface area contributed by atoms with Gasteiger partial charge in [0, 0.05) is 12.1 Å². The second-order valence-electron chi connectivity index (χ2n) is 5.72. The maximum Gasteiger partial charge on any atom is 0.00967 e. The average molecular weight is 265 g/mol. The van der Waals surface area contributed by atoms with E-state index in [9.17, 15) is 0 Å². The van der Waals surface area contributed by atoms with Gasteiger partial charge in [-0.05, 0) is 50.2 Å². The van der Waals surface area contributed by atoms with E-state index >= 15 is 0 Å². The van der Waals surface area contributed by atoms with Crippen molar-refractivity contribution in [2.45, 2.75) is 45.6 Å². The first kappa shape index (κ1) is 15.6. The monoisotopic (exact) mass is 265 g/mol. The van der Waals surface area contributed by atoms with Crippen molar-refractivity contribution in [1.82, 2.24) is 5.32 Å². The van der Waals surface area contributed by atoms with Crippen LogP contribution in [0.3, 0.4) is 0 Å². The van der Waals surface area contributed by atoms with Crippen molar-refractivity contribution < 1.29 is 0 Å². The van der Waals surface area contributed by atoms with E-state index in [4.69, 9.17) is 0 Å². The number of thioether (sulfide) groups is 1. The Morgan fingerprint density at radius 3 is 2.39 bits per heavy atom. The summed E-state index contributed by atoms with van der Waals surface area (Å²) in [6.45, 7) is 9.99. The second-order valence-corrected chi connectivity index (χ2v) is 7.12. The molecule has 0 amide bonds. The largest absolute Gasteiger partial charge is 0.311 e. The summed E-state index contributed by atoms with van der Waals surface area (Å²) < 4.78 is 0. The number of benzene rings is 1. The minimum atomic E-state index is 0.199. The first-order chi connectivity index (χ1) is 8.53. The molecule has 0 saturated heterocycles. The molecule has 0 saturated carbocycles. The van der Waals surface area contributed by atoms with Crippen LogP contribution in [0.2, 0.25) is 0 Å². The second kappa shape index (κ2) is 7.85. The molecule has 0 radical (unpaired) electrons. The van der Waals surface area contributed by atoms with E-state index < -0.39 is 0 Å². The molecule has 0 heterocycles. The smallest absolute Gasteiger partial charge is 0.00967 e. The molecule has 0 aliphatic rings. The van der Waals surface area contributed by atoms with Crippen LogP contribution in [-0.2, 0) is 0 Å². The Bertz CT molecular complexity index is 316. The molecule has 0 spiro atoms. The summed E-state index contributed by atoms with van der Waals surface area (Å²) >= 11 is 2.04. The van der Waals surface area contributed by atoms with E-state index in [-0.39, 0.29) is 5.54 Å². The van der Waals surface area contributed by atoms with Crippen LogP contribution in [0.4, 0.5) is 0 Å². The van der Waals surface area contributed by atoms with Gasteiger partial charge in [-0.3, -0.25) is 0 Å². The van der Waals surface area contributed by atoms with Crippen LogP contribution in [-0.4, -0.2) is 23.6 Å². The van der Waals surface area contributed by atoms with Crippen molar-refractivity contribution in [3.05, 3.63) is 35.9 Å². The predicted molar refractivity (Wildman–Crippen MR) is 84.6 cm³/mol. The van der Waals surface area contributed by atoms with Gasteiger partial charge in [0.05, 0.1) is 0 Å². The standard InChI is InChI=1S/C16H27NS/c1-5-18-12-11-15(13-17-16(2,3)4)14-9-7-6-8-10-14/h6-10,15,17H,5,11-13H2,1-4H3. The first-order valence-electron chi connectivity index (χ1n) is 6.90. The van der Waals surface area contributed by atoms with Crippen molar-refractivity contribution in [2.24, 2.45) is 0 Å². The third-order valence-corrected chi connectivity index (χ3v) is 3.90. The van der Waals surface area contributed by atoms with Gasteiger partial charge in [-0.1, -0.05) is 37.3 Å². The predicted octanol–water partition coefficient (Wildman–Crippen LogP) is 4.30. The lowest BCUT2D eigenvalue weighted by molar-refractivity contribution is 0.403. The molecular formula is C16H27NS. The lowest BCUT2D eigenvalue weighted by Crippen LogP contribution is -2.38. The quantitative estimate of drug-likeness (QED) is 0.738. The maximum absolute atomic E-state index is 3.64. The molecule has 0 bridgehead atoms. The van der Waals surface area contributed by atoms with Crippen LogP contribution in [0, 0.1) is 0 Å². The Kier molecular flexibility index (Phi) is 6.80. The molecule has 1 N–H and O–H groups in total. The number of hydrogen-bond donors (Lipinski definition) is 1. The topological polar surface area (TPSA) is 12.0 Å². The van der Waals surface area contributed by atoms with Gasteiger partial charge in [-0.25, -0.2) is 0 Å². The van der Waals surface area contributed by atoms with E-state index in [1.165, 1.54) is 23.5 Å². The molecule has 1 aromatic carbocycles. The van der Waals surface area contributed by atoms with E-state index in [1.54, 1.807) is 0 Å². The van der Waals surface area contributed by atoms with Crippen molar-refractivity contribution in [1.29, 1.82) is 0 Å². The van der Waals surface area contributed by atoms with Crippen molar-refractivity contribution in [2.75, 3.05) is 18.1 Å². The van der Waals surface area contributed by atoms with E-state index in [0.717, 1.165) is 6.54 Å². The molecule has 1 aromatic rings. The molecule has 18 heavy (non-hydrogen) atoms. The Hall–Kier alpha value is -0.470. The minimum absolute atomic E-state index is 0.199. The summed E-state index contributed by atoms with van der Waals surface area (Å²) in [4.78, 5) is 0. The van der Waals surface area contributed by atoms with Crippen LogP contribution in [0.15, 0.2) is 30.3 Å². The van der Waals surface area contributed by atoms with Crippen LogP contribution >= 0.6 is 11.8 Å². The van der Waals surface area contributed by atoms with Gasteiger partial charge in [-0.2, -0.15) is 11.8 Å². The van der Waals surface area contributed by atoms with Gasteiger partial charge in [0.15, 0.2) is 0 Å². The molecule has 0 aliphatic heterocycles. The molecular weight excluding hydrogens is 238 g/mol. The van der Waals surface area contributed by atoms with Gasteiger partial charge in [0.1, 0.15) is 0 Å².